The standard InChI is InChI=1S/C16H22FN3O2/c1-13(21)20-10-8-19(9-11-20)12-16(22)18-7-6-14-4-2-3-5-15(14)17/h2-5H,6-12H2,1H3,(H,18,22). The van der Waals surface area contributed by atoms with Crippen LogP contribution in [-0.4, -0.2) is 60.9 Å². The Morgan fingerprint density at radius 3 is 2.50 bits per heavy atom. The van der Waals surface area contributed by atoms with Gasteiger partial charge in [0.15, 0.2) is 0 Å². The minimum atomic E-state index is -0.239. The average molecular weight is 307 g/mol. The lowest BCUT2D eigenvalue weighted by atomic mass is 10.1. The predicted molar refractivity (Wildman–Crippen MR) is 81.8 cm³/mol. The van der Waals surface area contributed by atoms with E-state index in [0.29, 0.717) is 51.3 Å². The lowest BCUT2D eigenvalue weighted by Crippen LogP contribution is -2.50. The zero-order chi connectivity index (χ0) is 15.9. The molecule has 120 valence electrons. The number of carbonyl (C=O) groups excluding carboxylic acids is 2. The van der Waals surface area contributed by atoms with Crippen LogP contribution in [0.2, 0.25) is 0 Å². The maximum atomic E-state index is 13.4. The SMILES string of the molecule is CC(=O)N1CCN(CC(=O)NCCc2ccccc2F)CC1. The molecule has 1 aliphatic rings. The van der Waals surface area contributed by atoms with E-state index in [0.717, 1.165) is 0 Å². The molecule has 0 bridgehead atoms. The Bertz CT molecular complexity index is 528. The molecule has 1 N–H and O–H groups in total. The molecule has 0 atom stereocenters. The van der Waals surface area contributed by atoms with E-state index in [-0.39, 0.29) is 17.6 Å². The topological polar surface area (TPSA) is 52.7 Å². The molecule has 2 amide bonds. The van der Waals surface area contributed by atoms with E-state index in [4.69, 9.17) is 0 Å². The van der Waals surface area contributed by atoms with E-state index in [1.165, 1.54) is 6.07 Å². The van der Waals surface area contributed by atoms with Crippen molar-refractivity contribution in [2.45, 2.75) is 13.3 Å². The van der Waals surface area contributed by atoms with Gasteiger partial charge in [-0.05, 0) is 18.1 Å². The lowest BCUT2D eigenvalue weighted by Gasteiger charge is -2.33. The molecule has 0 aromatic heterocycles. The normalized spacial score (nSPS) is 15.6. The molecule has 0 spiro atoms. The molecule has 1 saturated heterocycles. The molecule has 1 aromatic carbocycles. The van der Waals surface area contributed by atoms with Crippen LogP contribution in [0.4, 0.5) is 4.39 Å². The van der Waals surface area contributed by atoms with E-state index >= 15 is 0 Å². The van der Waals surface area contributed by atoms with Crippen molar-refractivity contribution in [2.24, 2.45) is 0 Å². The fourth-order valence-corrected chi connectivity index (χ4v) is 2.52. The zero-order valence-electron chi connectivity index (χ0n) is 12.8. The first-order valence-corrected chi connectivity index (χ1v) is 7.54. The van der Waals surface area contributed by atoms with Gasteiger partial charge in [0.05, 0.1) is 6.54 Å². The first-order valence-electron chi connectivity index (χ1n) is 7.54. The fourth-order valence-electron chi connectivity index (χ4n) is 2.52. The van der Waals surface area contributed by atoms with E-state index in [2.05, 4.69) is 5.32 Å². The quantitative estimate of drug-likeness (QED) is 0.869. The van der Waals surface area contributed by atoms with Crippen LogP contribution >= 0.6 is 0 Å². The smallest absolute Gasteiger partial charge is 0.234 e. The van der Waals surface area contributed by atoms with Crippen molar-refractivity contribution >= 4 is 11.8 Å². The number of hydrogen-bond acceptors (Lipinski definition) is 3. The maximum absolute atomic E-state index is 13.4. The highest BCUT2D eigenvalue weighted by Crippen LogP contribution is 2.06. The van der Waals surface area contributed by atoms with Gasteiger partial charge in [0, 0.05) is 39.6 Å². The first-order chi connectivity index (χ1) is 10.6. The Kier molecular flexibility index (Phi) is 5.89. The summed E-state index contributed by atoms with van der Waals surface area (Å²) in [6.07, 6.45) is 0.483. The molecule has 6 heteroatoms. The van der Waals surface area contributed by atoms with Gasteiger partial charge in [-0.3, -0.25) is 14.5 Å². The number of piperazine rings is 1. The van der Waals surface area contributed by atoms with E-state index in [9.17, 15) is 14.0 Å². The number of hydrogen-bond donors (Lipinski definition) is 1. The van der Waals surface area contributed by atoms with Gasteiger partial charge in [-0.15, -0.1) is 0 Å². The molecular weight excluding hydrogens is 285 g/mol. The van der Waals surface area contributed by atoms with E-state index < -0.39 is 0 Å². The van der Waals surface area contributed by atoms with Crippen LogP contribution in [0.3, 0.4) is 0 Å². The van der Waals surface area contributed by atoms with Crippen molar-refractivity contribution in [3.8, 4) is 0 Å². The highest BCUT2D eigenvalue weighted by Gasteiger charge is 2.19. The summed E-state index contributed by atoms with van der Waals surface area (Å²) >= 11 is 0. The molecule has 0 saturated carbocycles. The van der Waals surface area contributed by atoms with Gasteiger partial charge in [0.2, 0.25) is 11.8 Å². The first kappa shape index (κ1) is 16.4. The fraction of sp³-hybridized carbons (Fsp3) is 0.500. The molecule has 0 unspecified atom stereocenters. The minimum Gasteiger partial charge on any atom is -0.355 e. The van der Waals surface area contributed by atoms with Crippen LogP contribution in [0.15, 0.2) is 24.3 Å². The molecule has 5 nitrogen and oxygen atoms in total. The Labute approximate surface area is 130 Å². The zero-order valence-corrected chi connectivity index (χ0v) is 12.8. The molecule has 0 aliphatic carbocycles. The molecule has 1 fully saturated rings. The molecule has 1 heterocycles. The van der Waals surface area contributed by atoms with Crippen molar-refractivity contribution in [2.75, 3.05) is 39.3 Å². The Morgan fingerprint density at radius 2 is 1.86 bits per heavy atom. The van der Waals surface area contributed by atoms with Crippen LogP contribution in [0.1, 0.15) is 12.5 Å². The molecule has 1 aliphatic heterocycles. The summed E-state index contributed by atoms with van der Waals surface area (Å²) < 4.78 is 13.4. The summed E-state index contributed by atoms with van der Waals surface area (Å²) in [7, 11) is 0. The van der Waals surface area contributed by atoms with E-state index in [1.807, 2.05) is 4.90 Å². The highest BCUT2D eigenvalue weighted by molar-refractivity contribution is 5.78. The number of rotatable bonds is 5. The van der Waals surface area contributed by atoms with Gasteiger partial charge in [0.1, 0.15) is 5.82 Å². The number of halogens is 1. The average Bonchev–Trinajstić information content (AvgIpc) is 2.50. The van der Waals surface area contributed by atoms with Crippen LogP contribution in [-0.2, 0) is 16.0 Å². The van der Waals surface area contributed by atoms with Gasteiger partial charge < -0.3 is 10.2 Å². The highest BCUT2D eigenvalue weighted by atomic mass is 19.1. The third-order valence-corrected chi connectivity index (χ3v) is 3.86. The minimum absolute atomic E-state index is 0.0624. The second-order valence-corrected chi connectivity index (χ2v) is 5.47. The number of benzene rings is 1. The summed E-state index contributed by atoms with van der Waals surface area (Å²) in [6, 6.07) is 6.58. The van der Waals surface area contributed by atoms with Crippen LogP contribution < -0.4 is 5.32 Å². The number of nitrogens with one attached hydrogen (secondary N) is 1. The Hall–Kier alpha value is -1.95. The molecular formula is C16H22FN3O2. The Balaban J connectivity index is 1.66. The molecule has 0 radical (unpaired) electrons. The second-order valence-electron chi connectivity index (χ2n) is 5.47. The summed E-state index contributed by atoms with van der Waals surface area (Å²) in [5.74, 6) is -0.223. The molecule has 1 aromatic rings. The molecule has 2 rings (SSSR count). The van der Waals surface area contributed by atoms with Crippen molar-refractivity contribution < 1.29 is 14.0 Å². The Morgan fingerprint density at radius 1 is 1.18 bits per heavy atom. The van der Waals surface area contributed by atoms with Gasteiger partial charge in [0.25, 0.3) is 0 Å². The largest absolute Gasteiger partial charge is 0.355 e. The molecule has 22 heavy (non-hydrogen) atoms. The summed E-state index contributed by atoms with van der Waals surface area (Å²) in [4.78, 5) is 26.9. The van der Waals surface area contributed by atoms with Gasteiger partial charge in [-0.25, -0.2) is 4.39 Å². The number of nitrogens with zero attached hydrogens (tertiary/aromatic N) is 2. The van der Waals surface area contributed by atoms with Crippen molar-refractivity contribution in [3.05, 3.63) is 35.6 Å². The monoisotopic (exact) mass is 307 g/mol. The van der Waals surface area contributed by atoms with Crippen molar-refractivity contribution in [1.82, 2.24) is 15.1 Å². The van der Waals surface area contributed by atoms with Crippen LogP contribution in [0.25, 0.3) is 0 Å². The lowest BCUT2D eigenvalue weighted by molar-refractivity contribution is -0.131. The van der Waals surface area contributed by atoms with Gasteiger partial charge >= 0.3 is 0 Å². The summed E-state index contributed by atoms with van der Waals surface area (Å²) in [5.41, 5.74) is 0.609. The van der Waals surface area contributed by atoms with Crippen molar-refractivity contribution in [3.63, 3.8) is 0 Å². The summed E-state index contributed by atoms with van der Waals surface area (Å²) in [5, 5.41) is 2.81. The van der Waals surface area contributed by atoms with Gasteiger partial charge in [-0.2, -0.15) is 0 Å². The van der Waals surface area contributed by atoms with E-state index in [1.54, 1.807) is 30.0 Å². The van der Waals surface area contributed by atoms with Crippen LogP contribution in [0, 0.1) is 5.82 Å². The maximum Gasteiger partial charge on any atom is 0.234 e. The predicted octanol–water partition coefficient (Wildman–Crippen LogP) is 0.649. The number of carbonyl (C=O) groups is 2. The van der Waals surface area contributed by atoms with Crippen molar-refractivity contribution in [1.29, 1.82) is 0 Å². The number of amides is 2. The van der Waals surface area contributed by atoms with Gasteiger partial charge in [-0.1, -0.05) is 18.2 Å². The summed E-state index contributed by atoms with van der Waals surface area (Å²) in [6.45, 7) is 5.05. The second kappa shape index (κ2) is 7.89. The third-order valence-electron chi connectivity index (χ3n) is 3.86. The van der Waals surface area contributed by atoms with Crippen LogP contribution in [0.5, 0.6) is 0 Å². The third kappa shape index (κ3) is 4.80.